The minimum atomic E-state index is -1.07. The van der Waals surface area contributed by atoms with Gasteiger partial charge in [0.1, 0.15) is 5.75 Å². The van der Waals surface area contributed by atoms with E-state index >= 15 is 0 Å². The molecule has 1 amide bonds. The summed E-state index contributed by atoms with van der Waals surface area (Å²) in [5.41, 5.74) is 7.97. The van der Waals surface area contributed by atoms with Crippen LogP contribution in [0.25, 0.3) is 0 Å². The summed E-state index contributed by atoms with van der Waals surface area (Å²) in [5, 5.41) is 2.79. The van der Waals surface area contributed by atoms with E-state index in [2.05, 4.69) is 5.32 Å². The molecule has 1 saturated carbocycles. The van der Waals surface area contributed by atoms with Crippen molar-refractivity contribution in [3.63, 3.8) is 0 Å². The second-order valence-electron chi connectivity index (χ2n) is 5.52. The van der Waals surface area contributed by atoms with Crippen LogP contribution in [-0.2, 0) is 15.6 Å². The van der Waals surface area contributed by atoms with E-state index in [9.17, 15) is 9.00 Å². The lowest BCUT2D eigenvalue weighted by Gasteiger charge is -2.11. The molecule has 4 nitrogen and oxygen atoms in total. The Morgan fingerprint density at radius 3 is 2.80 bits per heavy atom. The number of amides is 1. The van der Waals surface area contributed by atoms with Crippen molar-refractivity contribution in [2.75, 3.05) is 22.6 Å². The number of anilines is 2. The molecule has 3 N–H and O–H groups in total. The standard InChI is InChI=1S/C15H22N2O2S/c1-11-6-7-13(16)8-14(11)17-15(18)10-20(19)9-12-4-2-3-5-12/h6-8,12H,2-5,9-10,16H2,1H3,(H,17,18). The molecule has 1 atom stereocenters. The topological polar surface area (TPSA) is 72.2 Å². The molecule has 1 aliphatic rings. The summed E-state index contributed by atoms with van der Waals surface area (Å²) in [7, 11) is -1.07. The Labute approximate surface area is 122 Å². The minimum Gasteiger partial charge on any atom is -0.399 e. The van der Waals surface area contributed by atoms with E-state index in [1.54, 1.807) is 12.1 Å². The van der Waals surface area contributed by atoms with E-state index in [1.165, 1.54) is 12.8 Å². The molecule has 1 unspecified atom stereocenters. The fourth-order valence-corrected chi connectivity index (χ4v) is 3.95. The van der Waals surface area contributed by atoms with Crippen molar-refractivity contribution in [2.24, 2.45) is 5.92 Å². The van der Waals surface area contributed by atoms with E-state index in [0.29, 0.717) is 23.0 Å². The van der Waals surface area contributed by atoms with Crippen LogP contribution in [-0.4, -0.2) is 21.6 Å². The zero-order valence-electron chi connectivity index (χ0n) is 11.9. The quantitative estimate of drug-likeness (QED) is 0.819. The summed E-state index contributed by atoms with van der Waals surface area (Å²) in [6.07, 6.45) is 4.77. The van der Waals surface area contributed by atoms with Crippen LogP contribution in [0.4, 0.5) is 11.4 Å². The molecule has 5 heteroatoms. The molecule has 0 heterocycles. The van der Waals surface area contributed by atoms with Crippen molar-refractivity contribution in [3.05, 3.63) is 23.8 Å². The number of hydrogen-bond donors (Lipinski definition) is 2. The number of carbonyl (C=O) groups excluding carboxylic acids is 1. The molecule has 1 aromatic carbocycles. The van der Waals surface area contributed by atoms with Gasteiger partial charge in [0.2, 0.25) is 5.91 Å². The zero-order chi connectivity index (χ0) is 14.5. The van der Waals surface area contributed by atoms with Gasteiger partial charge < -0.3 is 11.1 Å². The molecule has 0 bridgehead atoms. The number of carbonyl (C=O) groups is 1. The van der Waals surface area contributed by atoms with Gasteiger partial charge in [0.25, 0.3) is 0 Å². The van der Waals surface area contributed by atoms with Gasteiger partial charge in [-0.2, -0.15) is 0 Å². The summed E-state index contributed by atoms with van der Waals surface area (Å²) in [6.45, 7) is 1.91. The summed E-state index contributed by atoms with van der Waals surface area (Å²) in [5.74, 6) is 1.07. The minimum absolute atomic E-state index is 0.0741. The highest BCUT2D eigenvalue weighted by Gasteiger charge is 2.19. The summed E-state index contributed by atoms with van der Waals surface area (Å²) in [6, 6.07) is 5.39. The number of nitrogens with two attached hydrogens (primary N) is 1. The molecule has 0 saturated heterocycles. The predicted molar refractivity (Wildman–Crippen MR) is 84.1 cm³/mol. The Morgan fingerprint density at radius 2 is 2.10 bits per heavy atom. The molecule has 0 aliphatic heterocycles. The number of nitrogens with one attached hydrogen (secondary N) is 1. The van der Waals surface area contributed by atoms with Gasteiger partial charge >= 0.3 is 0 Å². The Bertz CT molecular complexity index is 511. The third-order valence-electron chi connectivity index (χ3n) is 3.72. The monoisotopic (exact) mass is 294 g/mol. The highest BCUT2D eigenvalue weighted by atomic mass is 32.2. The van der Waals surface area contributed by atoms with Crippen molar-refractivity contribution in [1.82, 2.24) is 0 Å². The first-order chi connectivity index (χ1) is 9.54. The number of aryl methyl sites for hydroxylation is 1. The van der Waals surface area contributed by atoms with Gasteiger partial charge in [-0.15, -0.1) is 0 Å². The van der Waals surface area contributed by atoms with E-state index in [-0.39, 0.29) is 11.7 Å². The number of benzene rings is 1. The lowest BCUT2D eigenvalue weighted by atomic mass is 10.1. The largest absolute Gasteiger partial charge is 0.399 e. The third kappa shape index (κ3) is 4.34. The van der Waals surface area contributed by atoms with E-state index in [1.807, 2.05) is 13.0 Å². The van der Waals surface area contributed by atoms with Gasteiger partial charge in [0.15, 0.2) is 0 Å². The van der Waals surface area contributed by atoms with Crippen LogP contribution in [0.15, 0.2) is 18.2 Å². The first-order valence-corrected chi connectivity index (χ1v) is 8.54. The molecular formula is C15H22N2O2S. The average molecular weight is 294 g/mol. The first kappa shape index (κ1) is 15.0. The predicted octanol–water partition coefficient (Wildman–Crippen LogP) is 2.45. The smallest absolute Gasteiger partial charge is 0.236 e. The van der Waals surface area contributed by atoms with Crippen LogP contribution < -0.4 is 11.1 Å². The Balaban J connectivity index is 1.85. The Kier molecular flexibility index (Phi) is 5.17. The van der Waals surface area contributed by atoms with E-state index in [0.717, 1.165) is 18.4 Å². The van der Waals surface area contributed by atoms with Crippen molar-refractivity contribution in [2.45, 2.75) is 32.6 Å². The molecule has 2 rings (SSSR count). The van der Waals surface area contributed by atoms with Crippen LogP contribution in [0.2, 0.25) is 0 Å². The molecule has 0 aromatic heterocycles. The fraction of sp³-hybridized carbons (Fsp3) is 0.533. The second-order valence-corrected chi connectivity index (χ2v) is 7.03. The lowest BCUT2D eigenvalue weighted by molar-refractivity contribution is -0.113. The Morgan fingerprint density at radius 1 is 1.40 bits per heavy atom. The number of hydrogen-bond acceptors (Lipinski definition) is 3. The lowest BCUT2D eigenvalue weighted by Crippen LogP contribution is -2.23. The molecule has 110 valence electrons. The molecule has 0 spiro atoms. The normalized spacial score (nSPS) is 17.1. The van der Waals surface area contributed by atoms with Gasteiger partial charge in [-0.3, -0.25) is 9.00 Å². The van der Waals surface area contributed by atoms with Gasteiger partial charge in [0.05, 0.1) is 0 Å². The van der Waals surface area contributed by atoms with Gasteiger partial charge in [0, 0.05) is 27.9 Å². The molecule has 0 radical (unpaired) electrons. The Hall–Kier alpha value is -1.36. The van der Waals surface area contributed by atoms with E-state index < -0.39 is 10.8 Å². The third-order valence-corrected chi connectivity index (χ3v) is 5.15. The molecular weight excluding hydrogens is 272 g/mol. The van der Waals surface area contributed by atoms with Crippen LogP contribution >= 0.6 is 0 Å². The molecule has 1 aliphatic carbocycles. The average Bonchev–Trinajstić information content (AvgIpc) is 2.86. The molecule has 20 heavy (non-hydrogen) atoms. The van der Waals surface area contributed by atoms with Gasteiger partial charge in [-0.05, 0) is 43.4 Å². The summed E-state index contributed by atoms with van der Waals surface area (Å²) < 4.78 is 12.0. The highest BCUT2D eigenvalue weighted by molar-refractivity contribution is 7.85. The van der Waals surface area contributed by atoms with Crippen molar-refractivity contribution >= 4 is 28.1 Å². The van der Waals surface area contributed by atoms with Crippen LogP contribution in [0.1, 0.15) is 31.2 Å². The second kappa shape index (κ2) is 6.88. The molecule has 1 aromatic rings. The first-order valence-electron chi connectivity index (χ1n) is 7.05. The van der Waals surface area contributed by atoms with Gasteiger partial charge in [-0.1, -0.05) is 18.9 Å². The highest BCUT2D eigenvalue weighted by Crippen LogP contribution is 2.25. The number of rotatable bonds is 5. The maximum Gasteiger partial charge on any atom is 0.236 e. The summed E-state index contributed by atoms with van der Waals surface area (Å²) >= 11 is 0. The number of nitrogen functional groups attached to an aromatic ring is 1. The summed E-state index contributed by atoms with van der Waals surface area (Å²) in [4.78, 5) is 11.9. The van der Waals surface area contributed by atoms with Crippen molar-refractivity contribution in [3.8, 4) is 0 Å². The van der Waals surface area contributed by atoms with Crippen LogP contribution in [0.5, 0.6) is 0 Å². The SMILES string of the molecule is Cc1ccc(N)cc1NC(=O)CS(=O)CC1CCCC1. The van der Waals surface area contributed by atoms with Crippen molar-refractivity contribution < 1.29 is 9.00 Å². The zero-order valence-corrected chi connectivity index (χ0v) is 12.7. The van der Waals surface area contributed by atoms with Gasteiger partial charge in [-0.25, -0.2) is 0 Å². The van der Waals surface area contributed by atoms with Crippen LogP contribution in [0, 0.1) is 12.8 Å². The van der Waals surface area contributed by atoms with E-state index in [4.69, 9.17) is 5.73 Å². The van der Waals surface area contributed by atoms with Crippen molar-refractivity contribution in [1.29, 1.82) is 0 Å². The fourth-order valence-electron chi connectivity index (χ4n) is 2.61. The maximum absolute atomic E-state index is 12.0. The molecule has 1 fully saturated rings. The van der Waals surface area contributed by atoms with Crippen LogP contribution in [0.3, 0.4) is 0 Å². The maximum atomic E-state index is 12.0.